The number of alkyl halides is 2. The summed E-state index contributed by atoms with van der Waals surface area (Å²) in [6.07, 6.45) is 0.567. The van der Waals surface area contributed by atoms with E-state index in [1.807, 2.05) is 4.90 Å². The van der Waals surface area contributed by atoms with Crippen molar-refractivity contribution >= 4 is 28.5 Å². The number of aliphatic hydroxyl groups is 2. The normalized spacial score (nSPS) is 11.0. The van der Waals surface area contributed by atoms with Crippen LogP contribution in [0, 0.1) is 0 Å². The van der Waals surface area contributed by atoms with Gasteiger partial charge in [0.15, 0.2) is 0 Å². The topological polar surface area (TPSA) is 150 Å². The van der Waals surface area contributed by atoms with E-state index in [2.05, 4.69) is 15.0 Å². The zero-order chi connectivity index (χ0) is 24.9. The van der Waals surface area contributed by atoms with E-state index in [0.717, 1.165) is 11.5 Å². The molecule has 0 radical (unpaired) electrons. The highest BCUT2D eigenvalue weighted by molar-refractivity contribution is 7.11. The first-order chi connectivity index (χ1) is 16.4. The summed E-state index contributed by atoms with van der Waals surface area (Å²) < 4.78 is 36.1. The molecular weight excluding hydrogens is 472 g/mol. The second-order valence-electron chi connectivity index (χ2n) is 7.19. The van der Waals surface area contributed by atoms with E-state index < -0.39 is 25.3 Å². The SMILES string of the molecule is NC(=O)c1c(OCc2c(CF)cccc2CF)nsc1NC(=O)NCCCN(CCO)CCO. The quantitative estimate of drug-likeness (QED) is 0.232. The molecule has 1 heterocycles. The summed E-state index contributed by atoms with van der Waals surface area (Å²) in [4.78, 5) is 26.1. The van der Waals surface area contributed by atoms with Gasteiger partial charge in [0.05, 0.1) is 13.2 Å². The molecule has 3 amide bonds. The fraction of sp³-hybridized carbons (Fsp3) is 0.476. The molecule has 0 saturated heterocycles. The minimum atomic E-state index is -0.882. The number of carbonyl (C=O) groups is 2. The molecule has 0 bridgehead atoms. The lowest BCUT2D eigenvalue weighted by Crippen LogP contribution is -2.35. The second kappa shape index (κ2) is 14.4. The Hall–Kier alpha value is -2.87. The molecule has 1 aromatic carbocycles. The number of anilines is 1. The molecule has 0 saturated carbocycles. The number of carbonyl (C=O) groups excluding carboxylic acids is 2. The molecule has 0 unspecified atom stereocenters. The lowest BCUT2D eigenvalue weighted by atomic mass is 10.0. The lowest BCUT2D eigenvalue weighted by molar-refractivity contribution is 0.0996. The van der Waals surface area contributed by atoms with Gasteiger partial charge in [0.2, 0.25) is 5.88 Å². The van der Waals surface area contributed by atoms with Crippen molar-refractivity contribution in [3.05, 3.63) is 40.5 Å². The van der Waals surface area contributed by atoms with Crippen molar-refractivity contribution in [2.45, 2.75) is 26.4 Å². The van der Waals surface area contributed by atoms with Crippen molar-refractivity contribution in [1.82, 2.24) is 14.6 Å². The molecule has 2 aromatic rings. The van der Waals surface area contributed by atoms with E-state index in [0.29, 0.717) is 38.2 Å². The average molecular weight is 502 g/mol. The number of ether oxygens (including phenoxy) is 1. The Morgan fingerprint density at radius 1 is 1.12 bits per heavy atom. The van der Waals surface area contributed by atoms with E-state index in [-0.39, 0.29) is 47.4 Å². The molecule has 1 aromatic heterocycles. The molecule has 0 fully saturated rings. The monoisotopic (exact) mass is 501 g/mol. The third kappa shape index (κ3) is 7.87. The number of nitrogens with two attached hydrogens (primary N) is 1. The standard InChI is InChI=1S/C21H29F2N5O5S/c22-11-14-3-1-4-15(12-23)16(14)13-33-19-17(18(24)31)20(34-27-19)26-21(32)25-5-2-6-28(7-9-29)8-10-30/h1,3-4,29-30H,2,5-13H2,(H2,24,31)(H2,25,26,32). The summed E-state index contributed by atoms with van der Waals surface area (Å²) in [5.74, 6) is -1.03. The molecule has 0 spiro atoms. The molecule has 6 N–H and O–H groups in total. The van der Waals surface area contributed by atoms with Crippen molar-refractivity contribution < 1.29 is 33.3 Å². The van der Waals surface area contributed by atoms with Crippen molar-refractivity contribution in [3.8, 4) is 5.88 Å². The van der Waals surface area contributed by atoms with Crippen LogP contribution in [0.15, 0.2) is 18.2 Å². The number of aromatic nitrogens is 1. The number of benzene rings is 1. The number of rotatable bonds is 15. The van der Waals surface area contributed by atoms with Crippen LogP contribution in [0.2, 0.25) is 0 Å². The Balaban J connectivity index is 1.98. The van der Waals surface area contributed by atoms with Crippen LogP contribution in [0.1, 0.15) is 33.5 Å². The van der Waals surface area contributed by atoms with Crippen LogP contribution in [0.4, 0.5) is 18.6 Å². The van der Waals surface area contributed by atoms with Crippen LogP contribution in [-0.4, -0.2) is 70.8 Å². The molecule has 0 atom stereocenters. The predicted molar refractivity (Wildman–Crippen MR) is 123 cm³/mol. The highest BCUT2D eigenvalue weighted by Crippen LogP contribution is 2.31. The highest BCUT2D eigenvalue weighted by Gasteiger charge is 2.22. The molecule has 0 aliphatic rings. The van der Waals surface area contributed by atoms with Crippen molar-refractivity contribution in [2.75, 3.05) is 44.7 Å². The summed E-state index contributed by atoms with van der Waals surface area (Å²) in [6.45, 7) is -0.210. The molecule has 0 aliphatic heterocycles. The van der Waals surface area contributed by atoms with Gasteiger partial charge in [0, 0.05) is 25.2 Å². The van der Waals surface area contributed by atoms with Crippen LogP contribution in [0.3, 0.4) is 0 Å². The third-order valence-corrected chi connectivity index (χ3v) is 5.66. The van der Waals surface area contributed by atoms with E-state index >= 15 is 0 Å². The molecule has 13 heteroatoms. The number of hydrogen-bond acceptors (Lipinski definition) is 8. The number of primary amides is 1. The summed E-state index contributed by atoms with van der Waals surface area (Å²) >= 11 is 0.785. The van der Waals surface area contributed by atoms with Gasteiger partial charge >= 0.3 is 6.03 Å². The number of hydrogen-bond donors (Lipinski definition) is 5. The molecule has 188 valence electrons. The maximum atomic E-state index is 13.3. The fourth-order valence-corrected chi connectivity index (χ4v) is 3.95. The van der Waals surface area contributed by atoms with Gasteiger partial charge in [-0.2, -0.15) is 4.37 Å². The summed E-state index contributed by atoms with van der Waals surface area (Å²) in [5, 5.41) is 23.2. The molecule has 2 rings (SSSR count). The summed E-state index contributed by atoms with van der Waals surface area (Å²) in [7, 11) is 0. The Morgan fingerprint density at radius 2 is 1.76 bits per heavy atom. The van der Waals surface area contributed by atoms with Crippen molar-refractivity contribution in [3.63, 3.8) is 0 Å². The van der Waals surface area contributed by atoms with Gasteiger partial charge in [-0.15, -0.1) is 0 Å². The number of aliphatic hydroxyl groups excluding tert-OH is 2. The Morgan fingerprint density at radius 3 is 2.32 bits per heavy atom. The van der Waals surface area contributed by atoms with Gasteiger partial charge in [-0.3, -0.25) is 15.0 Å². The van der Waals surface area contributed by atoms with Crippen LogP contribution in [0.5, 0.6) is 5.88 Å². The van der Waals surface area contributed by atoms with Gasteiger partial charge < -0.3 is 26.0 Å². The first-order valence-electron chi connectivity index (χ1n) is 10.6. The van der Waals surface area contributed by atoms with E-state index in [1.165, 1.54) is 12.1 Å². The number of halogens is 2. The zero-order valence-corrected chi connectivity index (χ0v) is 19.4. The highest BCUT2D eigenvalue weighted by atomic mass is 32.1. The Bertz CT molecular complexity index is 918. The van der Waals surface area contributed by atoms with Gasteiger partial charge in [0.1, 0.15) is 30.5 Å². The van der Waals surface area contributed by atoms with Crippen LogP contribution < -0.4 is 21.1 Å². The number of amides is 3. The number of urea groups is 1. The number of nitrogens with one attached hydrogen (secondary N) is 2. The number of nitrogens with zero attached hydrogens (tertiary/aromatic N) is 2. The maximum Gasteiger partial charge on any atom is 0.319 e. The summed E-state index contributed by atoms with van der Waals surface area (Å²) in [5.41, 5.74) is 6.14. The van der Waals surface area contributed by atoms with Crippen molar-refractivity contribution in [1.29, 1.82) is 0 Å². The Kier molecular flexibility index (Phi) is 11.6. The largest absolute Gasteiger partial charge is 0.472 e. The second-order valence-corrected chi connectivity index (χ2v) is 7.96. The molecule has 10 nitrogen and oxygen atoms in total. The summed E-state index contributed by atoms with van der Waals surface area (Å²) in [6, 6.07) is 3.98. The minimum absolute atomic E-state index is 0.0337. The van der Waals surface area contributed by atoms with Gasteiger partial charge in [-0.1, -0.05) is 18.2 Å². The van der Waals surface area contributed by atoms with Crippen LogP contribution in [-0.2, 0) is 20.0 Å². The van der Waals surface area contributed by atoms with Gasteiger partial charge in [-0.05, 0) is 35.6 Å². The van der Waals surface area contributed by atoms with Gasteiger partial charge in [0.25, 0.3) is 5.91 Å². The van der Waals surface area contributed by atoms with E-state index in [4.69, 9.17) is 20.7 Å². The molecular formula is C21H29F2N5O5S. The smallest absolute Gasteiger partial charge is 0.319 e. The first-order valence-corrected chi connectivity index (χ1v) is 11.3. The predicted octanol–water partition coefficient (Wildman–Crippen LogP) is 1.56. The van der Waals surface area contributed by atoms with Crippen molar-refractivity contribution in [2.24, 2.45) is 5.73 Å². The lowest BCUT2D eigenvalue weighted by Gasteiger charge is -2.19. The van der Waals surface area contributed by atoms with E-state index in [1.54, 1.807) is 6.07 Å². The molecule has 0 aliphatic carbocycles. The zero-order valence-electron chi connectivity index (χ0n) is 18.6. The third-order valence-electron chi connectivity index (χ3n) is 4.91. The average Bonchev–Trinajstić information content (AvgIpc) is 3.22. The van der Waals surface area contributed by atoms with E-state index in [9.17, 15) is 18.4 Å². The van der Waals surface area contributed by atoms with Crippen LogP contribution >= 0.6 is 11.5 Å². The first kappa shape index (κ1) is 27.4. The molecule has 34 heavy (non-hydrogen) atoms. The maximum absolute atomic E-state index is 13.3. The fourth-order valence-electron chi connectivity index (χ4n) is 3.21. The Labute approximate surface area is 199 Å². The van der Waals surface area contributed by atoms with Crippen LogP contribution in [0.25, 0.3) is 0 Å². The van der Waals surface area contributed by atoms with Gasteiger partial charge in [-0.25, -0.2) is 13.6 Å². The minimum Gasteiger partial charge on any atom is -0.472 e.